The third kappa shape index (κ3) is 22.3. The van der Waals surface area contributed by atoms with E-state index in [4.69, 9.17) is 40.8 Å². The number of aliphatic hydroxyl groups is 5. The molecule has 12 atom stereocenters. The third-order valence-electron chi connectivity index (χ3n) is 14.8. The highest BCUT2D eigenvalue weighted by Crippen LogP contribution is 2.45. The van der Waals surface area contributed by atoms with Gasteiger partial charge in [0.25, 0.3) is 0 Å². The highest BCUT2D eigenvalue weighted by Gasteiger charge is 2.48. The molecule has 84 heavy (non-hydrogen) atoms. The van der Waals surface area contributed by atoms with Crippen LogP contribution in [0.15, 0.2) is 54.6 Å². The highest BCUT2D eigenvalue weighted by molar-refractivity contribution is 6.32. The minimum atomic E-state index is -1.93. The van der Waals surface area contributed by atoms with E-state index < -0.39 is 145 Å². The zero-order chi connectivity index (χ0) is 62.6. The molecule has 0 spiro atoms. The Labute approximate surface area is 494 Å². The molecule has 4 amide bonds. The van der Waals surface area contributed by atoms with E-state index in [0.717, 1.165) is 11.1 Å². The molecule has 2 heterocycles. The molecule has 23 nitrogen and oxygen atoms in total. The topological polar surface area (TPSA) is 363 Å². The number of aryl methyl sites for hydroxylation is 1. The van der Waals surface area contributed by atoms with Crippen LogP contribution in [-0.2, 0) is 70.2 Å². The summed E-state index contributed by atoms with van der Waals surface area (Å²) in [5, 5.41) is 69.0. The molecule has 0 saturated carbocycles. The number of halogens is 1. The van der Waals surface area contributed by atoms with Crippen molar-refractivity contribution in [3.8, 4) is 5.75 Å². The number of carboxylic acid groups (broad SMARTS) is 1. The fourth-order valence-corrected chi connectivity index (χ4v) is 9.76. The van der Waals surface area contributed by atoms with Crippen LogP contribution in [-0.4, -0.2) is 165 Å². The first-order chi connectivity index (χ1) is 39.5. The lowest BCUT2D eigenvalue weighted by atomic mass is 9.85. The SMILES string of the molecule is COc1ccc(C[C@H]2NC(=O)/C=C/C[C@@H]([C@H](C)[C@H]3O[C@@H]3c3ccc(CCC(=O)[C@H](CCC(=O)NC[C@H](O)[C@@H](O)[C@H](O)[C@H](O)CO)CC(=O)[C@@H](NC(=O)CCCC(=O)O)C(C)C)cc3)OC(=O)[C@H](CC(C)C)OC(=O)C(C)(C)CNC2=O)cc1Cl. The van der Waals surface area contributed by atoms with Crippen LogP contribution in [0.25, 0.3) is 0 Å². The maximum Gasteiger partial charge on any atom is 0.347 e. The van der Waals surface area contributed by atoms with E-state index in [1.807, 2.05) is 32.9 Å². The molecule has 10 N–H and O–H groups in total. The molecule has 1 saturated heterocycles. The number of rotatable bonds is 30. The van der Waals surface area contributed by atoms with Crippen LogP contribution in [0, 0.1) is 29.1 Å². The number of hydrogen-bond donors (Lipinski definition) is 10. The first kappa shape index (κ1) is 70.1. The second kappa shape index (κ2) is 33.4. The predicted octanol–water partition coefficient (Wildman–Crippen LogP) is 2.93. The smallest absolute Gasteiger partial charge is 0.347 e. The van der Waals surface area contributed by atoms with Crippen molar-refractivity contribution in [3.63, 3.8) is 0 Å². The van der Waals surface area contributed by atoms with Crippen LogP contribution in [0.4, 0.5) is 0 Å². The first-order valence-electron chi connectivity index (χ1n) is 28.4. The number of Topliss-reactive ketones (excluding diaryl/α,β-unsaturated/α-hetero) is 2. The Kier molecular flexibility index (Phi) is 27.9. The number of carbonyl (C=O) groups is 9. The minimum Gasteiger partial charge on any atom is -0.495 e. The summed E-state index contributed by atoms with van der Waals surface area (Å²) in [6.07, 6.45) is -8.43. The fourth-order valence-electron chi connectivity index (χ4n) is 9.48. The third-order valence-corrected chi connectivity index (χ3v) is 15.1. The van der Waals surface area contributed by atoms with E-state index in [9.17, 15) is 63.6 Å². The van der Waals surface area contributed by atoms with Gasteiger partial charge in [-0.15, -0.1) is 0 Å². The number of hydrogen-bond acceptors (Lipinski definition) is 18. The molecular formula is C60H85ClN4O19. The number of epoxide rings is 1. The molecule has 1 fully saturated rings. The molecule has 2 aliphatic rings. The van der Waals surface area contributed by atoms with Crippen molar-refractivity contribution in [2.24, 2.45) is 29.1 Å². The first-order valence-corrected chi connectivity index (χ1v) is 28.8. The van der Waals surface area contributed by atoms with Gasteiger partial charge in [-0.05, 0) is 86.3 Å². The van der Waals surface area contributed by atoms with Crippen LogP contribution in [0.5, 0.6) is 5.75 Å². The number of carboxylic acids is 1. The summed E-state index contributed by atoms with van der Waals surface area (Å²) in [6.45, 7) is 10.4. The Hall–Kier alpha value is -6.34. The van der Waals surface area contributed by atoms with Gasteiger partial charge in [-0.3, -0.25) is 38.4 Å². The van der Waals surface area contributed by atoms with Crippen LogP contribution < -0.4 is 26.0 Å². The van der Waals surface area contributed by atoms with Crippen LogP contribution >= 0.6 is 11.6 Å². The molecule has 2 aliphatic heterocycles. The average molecular weight is 1200 g/mol. The van der Waals surface area contributed by atoms with Gasteiger partial charge in [0, 0.05) is 69.9 Å². The Morgan fingerprint density at radius 2 is 1.51 bits per heavy atom. The van der Waals surface area contributed by atoms with Gasteiger partial charge in [-0.25, -0.2) is 4.79 Å². The molecule has 466 valence electrons. The average Bonchev–Trinajstić information content (AvgIpc) is 4.40. The summed E-state index contributed by atoms with van der Waals surface area (Å²) < 4.78 is 23.5. The summed E-state index contributed by atoms with van der Waals surface area (Å²) in [6, 6.07) is 10.1. The van der Waals surface area contributed by atoms with Gasteiger partial charge >= 0.3 is 17.9 Å². The second-order valence-electron chi connectivity index (χ2n) is 23.1. The number of esters is 2. The van der Waals surface area contributed by atoms with E-state index >= 15 is 0 Å². The summed E-state index contributed by atoms with van der Waals surface area (Å²) in [7, 11) is 1.47. The molecule has 0 aliphatic carbocycles. The van der Waals surface area contributed by atoms with Gasteiger partial charge in [0.2, 0.25) is 23.6 Å². The number of benzene rings is 2. The number of aliphatic hydroxyl groups excluding tert-OH is 5. The summed E-state index contributed by atoms with van der Waals surface area (Å²) in [5.41, 5.74) is 0.820. The standard InChI is InChI=1S/C60H85ClN4O19/c1-32(2)25-47-58(79)82-45(11-9-12-49(72)64-40(27-36-18-23-46(81-8)39(61)26-36)57(78)63-31-60(6,7)59(80)83-47)34(5)55-56(84-55)37-19-15-35(16-20-37)17-22-41(67)38(21-24-48(71)62-29-43(69)53(76)54(77)44(70)30-66)28-42(68)52(33(3)4)65-50(73)13-10-14-51(74)75/h9,12,15-16,18-20,23,26,32-34,38,40,43-45,47,52-56,66,69-70,76-77H,10-11,13-14,17,21-22,24-25,27-31H2,1-8H3,(H,62,71)(H,63,78)(H,64,72)(H,65,73)(H,74,75)/b12-9+/t34-,38+,40+,43-,44+,45-,47-,52-,53+,54+,55+,56+/m0/s1. The van der Waals surface area contributed by atoms with Crippen molar-refractivity contribution >= 4 is 64.7 Å². The van der Waals surface area contributed by atoms with E-state index in [1.54, 1.807) is 58.0 Å². The van der Waals surface area contributed by atoms with E-state index in [2.05, 4.69) is 21.3 Å². The summed E-state index contributed by atoms with van der Waals surface area (Å²) in [4.78, 5) is 120. The monoisotopic (exact) mass is 1200 g/mol. The maximum absolute atomic E-state index is 14.0. The van der Waals surface area contributed by atoms with Crippen LogP contribution in [0.2, 0.25) is 5.02 Å². The number of ketones is 2. The van der Waals surface area contributed by atoms with Crippen molar-refractivity contribution in [1.82, 2.24) is 21.3 Å². The second-order valence-corrected chi connectivity index (χ2v) is 23.5. The number of ether oxygens (including phenoxy) is 4. The van der Waals surface area contributed by atoms with Gasteiger partial charge < -0.3 is 70.9 Å². The Morgan fingerprint density at radius 1 is 0.845 bits per heavy atom. The van der Waals surface area contributed by atoms with Crippen molar-refractivity contribution < 1.29 is 92.7 Å². The Bertz CT molecular complexity index is 2610. The lowest BCUT2D eigenvalue weighted by Gasteiger charge is -2.29. The van der Waals surface area contributed by atoms with Gasteiger partial charge in [-0.2, -0.15) is 0 Å². The predicted molar refractivity (Wildman–Crippen MR) is 305 cm³/mol. The van der Waals surface area contributed by atoms with E-state index in [-0.39, 0.29) is 88.9 Å². The maximum atomic E-state index is 14.0. The number of methoxy groups -OCH3 is 1. The van der Waals surface area contributed by atoms with Crippen LogP contribution in [0.3, 0.4) is 0 Å². The molecule has 0 aromatic heterocycles. The van der Waals surface area contributed by atoms with Gasteiger partial charge in [0.05, 0.1) is 42.4 Å². The van der Waals surface area contributed by atoms with Crippen molar-refractivity contribution in [1.29, 1.82) is 0 Å². The molecule has 2 aromatic rings. The molecular weight excluding hydrogens is 1120 g/mol. The number of aliphatic carboxylic acids is 1. The number of nitrogens with one attached hydrogen (secondary N) is 4. The molecule has 2 aromatic carbocycles. The zero-order valence-corrected chi connectivity index (χ0v) is 49.8. The van der Waals surface area contributed by atoms with Crippen molar-refractivity contribution in [2.75, 3.05) is 26.8 Å². The van der Waals surface area contributed by atoms with Crippen LogP contribution in [0.1, 0.15) is 129 Å². The largest absolute Gasteiger partial charge is 0.495 e. The highest BCUT2D eigenvalue weighted by atomic mass is 35.5. The lowest BCUT2D eigenvalue weighted by molar-refractivity contribution is -0.179. The lowest BCUT2D eigenvalue weighted by Crippen LogP contribution is -2.51. The van der Waals surface area contributed by atoms with Crippen molar-refractivity contribution in [2.45, 2.75) is 180 Å². The number of carbonyl (C=O) groups excluding carboxylic acids is 8. The minimum absolute atomic E-state index is 0.0352. The number of amides is 4. The van der Waals surface area contributed by atoms with E-state index in [0.29, 0.717) is 16.3 Å². The molecule has 0 unspecified atom stereocenters. The summed E-state index contributed by atoms with van der Waals surface area (Å²) >= 11 is 6.38. The fraction of sp³-hybridized carbons (Fsp3) is 0.617. The molecule has 0 bridgehead atoms. The quantitative estimate of drug-likeness (QED) is 0.0397. The van der Waals surface area contributed by atoms with Gasteiger partial charge in [0.15, 0.2) is 11.9 Å². The number of cyclic esters (lactones) is 2. The molecule has 4 rings (SSSR count). The molecule has 24 heteroatoms. The van der Waals surface area contributed by atoms with E-state index in [1.165, 1.54) is 19.3 Å². The van der Waals surface area contributed by atoms with Crippen molar-refractivity contribution in [3.05, 3.63) is 76.3 Å². The zero-order valence-electron chi connectivity index (χ0n) is 49.0. The van der Waals surface area contributed by atoms with Gasteiger partial charge in [-0.1, -0.05) is 82.6 Å². The normalized spacial score (nSPS) is 22.4. The molecule has 0 radical (unpaired) electrons. The Balaban J connectivity index is 1.50. The summed E-state index contributed by atoms with van der Waals surface area (Å²) in [5.74, 6) is -7.43. The Morgan fingerprint density at radius 3 is 2.13 bits per heavy atom. The van der Waals surface area contributed by atoms with Gasteiger partial charge in [0.1, 0.15) is 48.1 Å².